The summed E-state index contributed by atoms with van der Waals surface area (Å²) in [5.74, 6) is -0.0458. The minimum atomic E-state index is -0.665. The Labute approximate surface area is 205 Å². The number of benzene rings is 3. The van der Waals surface area contributed by atoms with Crippen LogP contribution in [-0.2, 0) is 38.3 Å². The van der Waals surface area contributed by atoms with E-state index in [4.69, 9.17) is 0 Å². The highest BCUT2D eigenvalue weighted by Gasteiger charge is 2.31. The highest BCUT2D eigenvalue weighted by atomic mass is 16.3. The first-order valence-corrected chi connectivity index (χ1v) is 11.5. The lowest BCUT2D eigenvalue weighted by Crippen LogP contribution is -2.26. The van der Waals surface area contributed by atoms with Crippen LogP contribution in [0.4, 0.5) is 0 Å². The summed E-state index contributed by atoms with van der Waals surface area (Å²) in [4.78, 5) is 0. The molecular formula is C28H34O7. The molecule has 0 saturated heterocycles. The monoisotopic (exact) mass is 482 g/mol. The van der Waals surface area contributed by atoms with Crippen molar-refractivity contribution >= 4 is 0 Å². The Morgan fingerprint density at radius 1 is 0.571 bits per heavy atom. The molecule has 0 spiro atoms. The van der Waals surface area contributed by atoms with Gasteiger partial charge in [0.15, 0.2) is 0 Å². The molecule has 3 rings (SSSR count). The van der Waals surface area contributed by atoms with E-state index < -0.39 is 5.41 Å². The van der Waals surface area contributed by atoms with E-state index in [1.165, 1.54) is 0 Å². The minimum Gasteiger partial charge on any atom is -0.507 e. The number of hydrogen-bond acceptors (Lipinski definition) is 7. The number of aromatic hydroxyl groups is 3. The van der Waals surface area contributed by atoms with Gasteiger partial charge in [0.05, 0.1) is 26.4 Å². The van der Waals surface area contributed by atoms with E-state index in [2.05, 4.69) is 0 Å². The van der Waals surface area contributed by atoms with Gasteiger partial charge in [-0.3, -0.25) is 0 Å². The van der Waals surface area contributed by atoms with Crippen LogP contribution in [0, 0.1) is 13.8 Å². The van der Waals surface area contributed by atoms with Gasteiger partial charge in [0.25, 0.3) is 0 Å². The van der Waals surface area contributed by atoms with Crippen LogP contribution in [0.5, 0.6) is 17.2 Å². The third-order valence-corrected chi connectivity index (χ3v) is 6.96. The normalized spacial score (nSPS) is 11.7. The first kappa shape index (κ1) is 26.5. The smallest absolute Gasteiger partial charge is 0.126 e. The molecule has 0 bridgehead atoms. The van der Waals surface area contributed by atoms with Gasteiger partial charge in [0, 0.05) is 27.7 Å². The zero-order valence-corrected chi connectivity index (χ0v) is 20.3. The Bertz CT molecular complexity index is 1130. The summed E-state index contributed by atoms with van der Waals surface area (Å²) in [7, 11) is 0. The van der Waals surface area contributed by atoms with Crippen LogP contribution in [0.1, 0.15) is 63.4 Å². The SMILES string of the molecule is Cc1cc(C(C)(CCc2cc(CO)c(O)c(CO)c2)c2cc(C)c(O)c(CO)c2)cc(CO)c1O. The second-order valence-corrected chi connectivity index (χ2v) is 9.33. The Morgan fingerprint density at radius 2 is 0.943 bits per heavy atom. The van der Waals surface area contributed by atoms with Crippen molar-refractivity contribution in [3.05, 3.63) is 86.5 Å². The molecule has 0 aliphatic heterocycles. The maximum absolute atomic E-state index is 10.4. The molecule has 0 fully saturated rings. The first-order valence-electron chi connectivity index (χ1n) is 11.5. The van der Waals surface area contributed by atoms with E-state index >= 15 is 0 Å². The van der Waals surface area contributed by atoms with Crippen molar-refractivity contribution < 1.29 is 35.7 Å². The summed E-state index contributed by atoms with van der Waals surface area (Å²) in [6.45, 7) is 4.17. The summed E-state index contributed by atoms with van der Waals surface area (Å²) in [6.07, 6.45) is 1.05. The van der Waals surface area contributed by atoms with Crippen molar-refractivity contribution in [3.8, 4) is 17.2 Å². The topological polar surface area (TPSA) is 142 Å². The quantitative estimate of drug-likeness (QED) is 0.248. The fourth-order valence-electron chi connectivity index (χ4n) is 4.65. The number of aryl methyl sites for hydroxylation is 3. The molecular weight excluding hydrogens is 448 g/mol. The van der Waals surface area contributed by atoms with Gasteiger partial charge in [-0.15, -0.1) is 0 Å². The van der Waals surface area contributed by atoms with Crippen molar-refractivity contribution in [1.29, 1.82) is 0 Å². The van der Waals surface area contributed by atoms with E-state index in [1.807, 2.05) is 19.1 Å². The molecule has 0 aromatic heterocycles. The Kier molecular flexibility index (Phi) is 8.07. The van der Waals surface area contributed by atoms with Gasteiger partial charge >= 0.3 is 0 Å². The number of aliphatic hydroxyl groups is 4. The summed E-state index contributed by atoms with van der Waals surface area (Å²) in [5.41, 5.74) is 4.54. The van der Waals surface area contributed by atoms with Crippen LogP contribution in [0.2, 0.25) is 0 Å². The fourth-order valence-corrected chi connectivity index (χ4v) is 4.65. The lowest BCUT2D eigenvalue weighted by molar-refractivity contribution is 0.263. The van der Waals surface area contributed by atoms with E-state index in [0.29, 0.717) is 46.2 Å². The summed E-state index contributed by atoms with van der Waals surface area (Å²) < 4.78 is 0. The van der Waals surface area contributed by atoms with Crippen LogP contribution in [0.25, 0.3) is 0 Å². The second-order valence-electron chi connectivity index (χ2n) is 9.33. The van der Waals surface area contributed by atoms with E-state index in [9.17, 15) is 35.7 Å². The average Bonchev–Trinajstić information content (AvgIpc) is 2.86. The number of aliphatic hydroxyl groups excluding tert-OH is 4. The summed E-state index contributed by atoms with van der Waals surface area (Å²) >= 11 is 0. The van der Waals surface area contributed by atoms with Crippen LogP contribution < -0.4 is 0 Å². The van der Waals surface area contributed by atoms with Crippen LogP contribution in [0.3, 0.4) is 0 Å². The molecule has 7 nitrogen and oxygen atoms in total. The summed E-state index contributed by atoms with van der Waals surface area (Å²) in [6, 6.07) is 10.7. The van der Waals surface area contributed by atoms with Crippen LogP contribution in [0.15, 0.2) is 36.4 Å². The molecule has 0 heterocycles. The molecule has 0 radical (unpaired) electrons. The molecule has 7 heteroatoms. The zero-order valence-electron chi connectivity index (χ0n) is 20.3. The molecule has 3 aromatic carbocycles. The van der Waals surface area contributed by atoms with Crippen molar-refractivity contribution in [3.63, 3.8) is 0 Å². The predicted molar refractivity (Wildman–Crippen MR) is 132 cm³/mol. The van der Waals surface area contributed by atoms with Crippen molar-refractivity contribution in [2.45, 2.75) is 65.5 Å². The molecule has 0 unspecified atom stereocenters. The van der Waals surface area contributed by atoms with Gasteiger partial charge in [-0.25, -0.2) is 0 Å². The molecule has 188 valence electrons. The largest absolute Gasteiger partial charge is 0.507 e. The van der Waals surface area contributed by atoms with Crippen LogP contribution >= 0.6 is 0 Å². The predicted octanol–water partition coefficient (Wildman–Crippen LogP) is 3.33. The van der Waals surface area contributed by atoms with Crippen LogP contribution in [-0.4, -0.2) is 35.7 Å². The van der Waals surface area contributed by atoms with Gasteiger partial charge < -0.3 is 35.7 Å². The molecule has 0 aliphatic carbocycles. The molecule has 0 saturated carbocycles. The minimum absolute atomic E-state index is 0.0373. The molecule has 7 N–H and O–H groups in total. The Morgan fingerprint density at radius 3 is 1.31 bits per heavy atom. The fraction of sp³-hybridized carbons (Fsp3) is 0.357. The first-order chi connectivity index (χ1) is 16.6. The van der Waals surface area contributed by atoms with Gasteiger partial charge in [-0.2, -0.15) is 0 Å². The number of phenols is 3. The average molecular weight is 483 g/mol. The maximum atomic E-state index is 10.4. The Hall–Kier alpha value is -3.10. The van der Waals surface area contributed by atoms with E-state index in [-0.39, 0.29) is 43.7 Å². The molecule has 35 heavy (non-hydrogen) atoms. The zero-order chi connectivity index (χ0) is 25.9. The molecule has 0 amide bonds. The van der Waals surface area contributed by atoms with Crippen molar-refractivity contribution in [2.75, 3.05) is 0 Å². The number of hydrogen-bond donors (Lipinski definition) is 7. The Balaban J connectivity index is 2.17. The van der Waals surface area contributed by atoms with Crippen molar-refractivity contribution in [1.82, 2.24) is 0 Å². The standard InChI is InChI=1S/C28H34O7/c1-16-6-23(10-21(14-31)25(16)33)28(3,24-7-17(2)26(34)22(11-24)15-32)5-4-18-8-19(12-29)27(35)20(9-18)13-30/h6-11,29-35H,4-5,12-15H2,1-3H3. The molecule has 0 aliphatic rings. The highest BCUT2D eigenvalue weighted by molar-refractivity contribution is 5.52. The van der Waals surface area contributed by atoms with Crippen molar-refractivity contribution in [2.24, 2.45) is 0 Å². The lowest BCUT2D eigenvalue weighted by atomic mass is 9.71. The molecule has 0 atom stereocenters. The van der Waals surface area contributed by atoms with E-state index in [1.54, 1.807) is 38.1 Å². The molecule has 3 aromatic rings. The number of rotatable bonds is 9. The highest BCUT2D eigenvalue weighted by Crippen LogP contribution is 2.42. The second kappa shape index (κ2) is 10.7. The maximum Gasteiger partial charge on any atom is 0.126 e. The van der Waals surface area contributed by atoms with Gasteiger partial charge in [-0.05, 0) is 78.8 Å². The summed E-state index contributed by atoms with van der Waals surface area (Å²) in [5, 5.41) is 69.9. The van der Waals surface area contributed by atoms with Gasteiger partial charge in [0.2, 0.25) is 0 Å². The van der Waals surface area contributed by atoms with Gasteiger partial charge in [-0.1, -0.05) is 19.1 Å². The lowest BCUT2D eigenvalue weighted by Gasteiger charge is -2.33. The van der Waals surface area contributed by atoms with Gasteiger partial charge in [0.1, 0.15) is 17.2 Å². The van der Waals surface area contributed by atoms with E-state index in [0.717, 1.165) is 16.7 Å². The third-order valence-electron chi connectivity index (χ3n) is 6.96. The third kappa shape index (κ3) is 5.13.